The zero-order valence-electron chi connectivity index (χ0n) is 16.5. The van der Waals surface area contributed by atoms with Crippen LogP contribution >= 0.6 is 0 Å². The van der Waals surface area contributed by atoms with Crippen molar-refractivity contribution in [3.8, 4) is 0 Å². The average molecular weight is 359 g/mol. The molecule has 0 saturated heterocycles. The molecule has 138 valence electrons. The van der Waals surface area contributed by atoms with E-state index in [-0.39, 0.29) is 11.0 Å². The van der Waals surface area contributed by atoms with Gasteiger partial charge in [-0.2, -0.15) is 0 Å². The molecule has 2 unspecified atom stereocenters. The molecule has 0 amide bonds. The summed E-state index contributed by atoms with van der Waals surface area (Å²) in [5, 5.41) is 0.266. The Labute approximate surface area is 154 Å². The van der Waals surface area contributed by atoms with E-state index in [1.807, 2.05) is 6.07 Å². The highest BCUT2D eigenvalue weighted by molar-refractivity contribution is 6.74. The van der Waals surface area contributed by atoms with Gasteiger partial charge in [0.1, 0.15) is 5.78 Å². The minimum Gasteiger partial charge on any atom is -0.417 e. The third kappa shape index (κ3) is 5.39. The second-order valence-corrected chi connectivity index (χ2v) is 13.5. The molecule has 1 saturated carbocycles. The number of allylic oxidation sites excluding steroid dienone is 2. The molecule has 0 N–H and O–H groups in total. The second-order valence-electron chi connectivity index (χ2n) is 8.73. The molecule has 1 aromatic rings. The van der Waals surface area contributed by atoms with Crippen LogP contribution in [-0.4, -0.2) is 20.7 Å². The van der Waals surface area contributed by atoms with E-state index in [0.717, 1.165) is 25.9 Å². The first-order valence-corrected chi connectivity index (χ1v) is 12.5. The maximum atomic E-state index is 12.2. The predicted octanol–water partition coefficient (Wildman–Crippen LogP) is 6.11. The predicted molar refractivity (Wildman–Crippen MR) is 108 cm³/mol. The van der Waals surface area contributed by atoms with E-state index < -0.39 is 8.32 Å². The number of carbonyl (C=O) groups is 1. The van der Waals surface area contributed by atoms with E-state index in [2.05, 4.69) is 70.3 Å². The molecule has 2 nitrogen and oxygen atoms in total. The van der Waals surface area contributed by atoms with Crippen molar-refractivity contribution in [3.63, 3.8) is 0 Å². The maximum absolute atomic E-state index is 12.2. The molecule has 0 radical (unpaired) electrons. The van der Waals surface area contributed by atoms with Crippen molar-refractivity contribution in [2.45, 2.75) is 70.5 Å². The van der Waals surface area contributed by atoms with Gasteiger partial charge in [-0.15, -0.1) is 0 Å². The van der Waals surface area contributed by atoms with Gasteiger partial charge >= 0.3 is 0 Å². The van der Waals surface area contributed by atoms with Crippen LogP contribution in [0.5, 0.6) is 0 Å². The summed E-state index contributed by atoms with van der Waals surface area (Å²) in [5.41, 5.74) is 1.30. The van der Waals surface area contributed by atoms with Gasteiger partial charge in [0.05, 0.1) is 0 Å². The van der Waals surface area contributed by atoms with Crippen molar-refractivity contribution >= 4 is 14.1 Å². The van der Waals surface area contributed by atoms with Gasteiger partial charge in [0.2, 0.25) is 0 Å². The van der Waals surface area contributed by atoms with E-state index in [1.165, 1.54) is 5.56 Å². The minimum absolute atomic E-state index is 0.0590. The highest BCUT2D eigenvalue weighted by Crippen LogP contribution is 2.38. The highest BCUT2D eigenvalue weighted by atomic mass is 28.4. The molecule has 2 rings (SSSR count). The van der Waals surface area contributed by atoms with Gasteiger partial charge in [-0.25, -0.2) is 0 Å². The summed E-state index contributed by atoms with van der Waals surface area (Å²) in [6.45, 7) is 12.2. The Balaban J connectivity index is 1.82. The standard InChI is InChI=1S/C22H34O2Si/c1-22(2,3)25(4,5)24-17-11-7-10-14-20-19(15-16-21(20)23)18-12-8-6-9-13-18/h6,8-10,12-14,19-20H,7,11,15-17H2,1-5H3/b14-10-. The van der Waals surface area contributed by atoms with Crippen LogP contribution in [0.4, 0.5) is 0 Å². The number of unbranched alkanes of at least 4 members (excludes halogenated alkanes) is 1. The summed E-state index contributed by atoms with van der Waals surface area (Å²) >= 11 is 0. The van der Waals surface area contributed by atoms with Gasteiger partial charge in [-0.1, -0.05) is 63.3 Å². The van der Waals surface area contributed by atoms with E-state index >= 15 is 0 Å². The second kappa shape index (κ2) is 8.46. The zero-order valence-corrected chi connectivity index (χ0v) is 17.5. The van der Waals surface area contributed by atoms with Crippen LogP contribution in [0.1, 0.15) is 57.9 Å². The first kappa shape index (κ1) is 20.1. The summed E-state index contributed by atoms with van der Waals surface area (Å²) in [7, 11) is -1.63. The van der Waals surface area contributed by atoms with Crippen LogP contribution in [0.25, 0.3) is 0 Å². The first-order chi connectivity index (χ1) is 11.7. The van der Waals surface area contributed by atoms with E-state index in [1.54, 1.807) is 0 Å². The zero-order chi connectivity index (χ0) is 18.5. The van der Waals surface area contributed by atoms with Crippen LogP contribution in [0.3, 0.4) is 0 Å². The van der Waals surface area contributed by atoms with Gasteiger partial charge < -0.3 is 4.43 Å². The highest BCUT2D eigenvalue weighted by Gasteiger charge is 2.37. The van der Waals surface area contributed by atoms with Crippen molar-refractivity contribution in [1.29, 1.82) is 0 Å². The van der Waals surface area contributed by atoms with Crippen LogP contribution < -0.4 is 0 Å². The van der Waals surface area contributed by atoms with E-state index in [4.69, 9.17) is 4.43 Å². The summed E-state index contributed by atoms with van der Waals surface area (Å²) in [6, 6.07) is 10.5. The number of hydrogen-bond acceptors (Lipinski definition) is 2. The lowest BCUT2D eigenvalue weighted by Crippen LogP contribution is -2.40. The lowest BCUT2D eigenvalue weighted by Gasteiger charge is -2.36. The molecule has 1 aliphatic carbocycles. The number of Topliss-reactive ketones (excluding diaryl/α,β-unsaturated/α-hetero) is 1. The average Bonchev–Trinajstić information content (AvgIpc) is 2.91. The molecule has 0 aromatic heterocycles. The van der Waals surface area contributed by atoms with Crippen LogP contribution in [0.2, 0.25) is 18.1 Å². The lowest BCUT2D eigenvalue weighted by atomic mass is 9.88. The van der Waals surface area contributed by atoms with Crippen molar-refractivity contribution in [2.24, 2.45) is 5.92 Å². The number of benzene rings is 1. The molecule has 0 heterocycles. The Morgan fingerprint density at radius 3 is 2.52 bits per heavy atom. The van der Waals surface area contributed by atoms with Crippen molar-refractivity contribution < 1.29 is 9.22 Å². The maximum Gasteiger partial charge on any atom is 0.191 e. The molecule has 1 aromatic carbocycles. The lowest BCUT2D eigenvalue weighted by molar-refractivity contribution is -0.119. The summed E-state index contributed by atoms with van der Waals surface area (Å²) in [4.78, 5) is 12.2. The Bertz CT molecular complexity index is 584. The largest absolute Gasteiger partial charge is 0.417 e. The van der Waals surface area contributed by atoms with E-state index in [9.17, 15) is 4.79 Å². The Hall–Kier alpha value is -1.19. The molecular formula is C22H34O2Si. The Morgan fingerprint density at radius 1 is 1.20 bits per heavy atom. The molecule has 0 bridgehead atoms. The van der Waals surface area contributed by atoms with Crippen molar-refractivity contribution in [2.75, 3.05) is 6.61 Å². The third-order valence-electron chi connectivity index (χ3n) is 5.86. The van der Waals surface area contributed by atoms with E-state index in [0.29, 0.717) is 18.1 Å². The summed E-state index contributed by atoms with van der Waals surface area (Å²) in [6.07, 6.45) is 8.05. The van der Waals surface area contributed by atoms with Crippen molar-refractivity contribution in [1.82, 2.24) is 0 Å². The van der Waals surface area contributed by atoms with Crippen LogP contribution in [0.15, 0.2) is 42.5 Å². The monoisotopic (exact) mass is 358 g/mol. The fraction of sp³-hybridized carbons (Fsp3) is 0.591. The SMILES string of the molecule is CC(C)(C)[Si](C)(C)OCCC/C=C\C1C(=O)CCC1c1ccccc1. The molecular weight excluding hydrogens is 324 g/mol. The quantitative estimate of drug-likeness (QED) is 0.334. The molecule has 3 heteroatoms. The topological polar surface area (TPSA) is 26.3 Å². The van der Waals surface area contributed by atoms with Gasteiger partial charge in [0.25, 0.3) is 0 Å². The normalized spacial score (nSPS) is 22.0. The fourth-order valence-corrected chi connectivity index (χ4v) is 4.26. The number of ketones is 1. The van der Waals surface area contributed by atoms with Gasteiger partial charge in [0, 0.05) is 18.9 Å². The number of carbonyl (C=O) groups excluding carboxylic acids is 1. The van der Waals surface area contributed by atoms with Crippen LogP contribution in [0, 0.1) is 5.92 Å². The number of hydrogen-bond donors (Lipinski definition) is 0. The molecule has 2 atom stereocenters. The van der Waals surface area contributed by atoms with Crippen LogP contribution in [-0.2, 0) is 9.22 Å². The minimum atomic E-state index is -1.63. The number of rotatable bonds is 7. The third-order valence-corrected chi connectivity index (χ3v) is 10.4. The van der Waals surface area contributed by atoms with Gasteiger partial charge in [0.15, 0.2) is 8.32 Å². The molecule has 1 aliphatic rings. The molecule has 0 spiro atoms. The molecule has 25 heavy (non-hydrogen) atoms. The van der Waals surface area contributed by atoms with Gasteiger partial charge in [-0.05, 0) is 48.9 Å². The molecule has 1 fully saturated rings. The smallest absolute Gasteiger partial charge is 0.191 e. The fourth-order valence-electron chi connectivity index (χ4n) is 3.17. The van der Waals surface area contributed by atoms with Crippen molar-refractivity contribution in [3.05, 3.63) is 48.0 Å². The Morgan fingerprint density at radius 2 is 1.88 bits per heavy atom. The summed E-state index contributed by atoms with van der Waals surface area (Å²) in [5.74, 6) is 0.805. The molecule has 0 aliphatic heterocycles. The Kier molecular flexibility index (Phi) is 6.81. The van der Waals surface area contributed by atoms with Gasteiger partial charge in [-0.3, -0.25) is 4.79 Å². The first-order valence-electron chi connectivity index (χ1n) is 9.61. The summed E-state index contributed by atoms with van der Waals surface area (Å²) < 4.78 is 6.22.